The van der Waals surface area contributed by atoms with Gasteiger partial charge < -0.3 is 15.2 Å². The number of carbonyl (C=O) groups excluding carboxylic acids is 1. The predicted molar refractivity (Wildman–Crippen MR) is 72.5 cm³/mol. The molecule has 0 saturated carbocycles. The van der Waals surface area contributed by atoms with Gasteiger partial charge in [-0.05, 0) is 31.0 Å². The molecule has 1 aliphatic rings. The second-order valence-electron chi connectivity index (χ2n) is 4.56. The summed E-state index contributed by atoms with van der Waals surface area (Å²) in [6.07, 6.45) is 1.67. The minimum Gasteiger partial charge on any atom is -0.384 e. The topological polar surface area (TPSA) is 58.6 Å². The van der Waals surface area contributed by atoms with E-state index in [-0.39, 0.29) is 24.0 Å². The maximum absolute atomic E-state index is 13.5. The molecule has 1 amide bonds. The quantitative estimate of drug-likeness (QED) is 0.806. The van der Waals surface area contributed by atoms with Crippen molar-refractivity contribution < 1.29 is 19.0 Å². The Morgan fingerprint density at radius 1 is 1.55 bits per heavy atom. The third kappa shape index (κ3) is 3.80. The highest BCUT2D eigenvalue weighted by atomic mass is 19.1. The zero-order valence-corrected chi connectivity index (χ0v) is 11.0. The van der Waals surface area contributed by atoms with Gasteiger partial charge in [0.15, 0.2) is 0 Å². The van der Waals surface area contributed by atoms with Gasteiger partial charge in [-0.15, -0.1) is 0 Å². The Bertz CT molecular complexity index is 542. The van der Waals surface area contributed by atoms with Gasteiger partial charge in [-0.1, -0.05) is 11.8 Å². The maximum Gasteiger partial charge on any atom is 0.229 e. The maximum atomic E-state index is 13.5. The fourth-order valence-corrected chi connectivity index (χ4v) is 2.03. The van der Waals surface area contributed by atoms with Gasteiger partial charge in [-0.25, -0.2) is 4.39 Å². The molecule has 0 aromatic heterocycles. The predicted octanol–water partition coefficient (Wildman–Crippen LogP) is 1.53. The fourth-order valence-electron chi connectivity index (χ4n) is 2.03. The number of aliphatic hydroxyl groups excluding tert-OH is 1. The average molecular weight is 277 g/mol. The van der Waals surface area contributed by atoms with Crippen molar-refractivity contribution in [3.8, 4) is 11.8 Å². The van der Waals surface area contributed by atoms with Gasteiger partial charge in [0.2, 0.25) is 5.91 Å². The summed E-state index contributed by atoms with van der Waals surface area (Å²) in [5.74, 6) is 4.11. The van der Waals surface area contributed by atoms with E-state index in [2.05, 4.69) is 17.2 Å². The molecule has 0 bridgehead atoms. The highest BCUT2D eigenvalue weighted by Gasteiger charge is 2.21. The van der Waals surface area contributed by atoms with E-state index in [4.69, 9.17) is 9.84 Å². The minimum absolute atomic E-state index is 0.127. The van der Waals surface area contributed by atoms with Gasteiger partial charge in [-0.3, -0.25) is 4.79 Å². The highest BCUT2D eigenvalue weighted by Crippen LogP contribution is 2.18. The molecule has 5 heteroatoms. The van der Waals surface area contributed by atoms with Crippen molar-refractivity contribution >= 4 is 11.6 Å². The van der Waals surface area contributed by atoms with Crippen LogP contribution in [-0.4, -0.2) is 30.8 Å². The van der Waals surface area contributed by atoms with Gasteiger partial charge in [0.25, 0.3) is 0 Å². The first-order valence-corrected chi connectivity index (χ1v) is 6.48. The van der Waals surface area contributed by atoms with Crippen molar-refractivity contribution in [2.24, 2.45) is 5.92 Å². The molecule has 1 fully saturated rings. The van der Waals surface area contributed by atoms with Crippen LogP contribution in [0, 0.1) is 23.6 Å². The Morgan fingerprint density at radius 2 is 2.40 bits per heavy atom. The van der Waals surface area contributed by atoms with Gasteiger partial charge in [0.05, 0.1) is 18.1 Å². The van der Waals surface area contributed by atoms with E-state index in [1.807, 2.05) is 0 Å². The summed E-state index contributed by atoms with van der Waals surface area (Å²) in [7, 11) is 0. The molecule has 0 spiro atoms. The van der Waals surface area contributed by atoms with Gasteiger partial charge in [0.1, 0.15) is 12.4 Å². The number of halogens is 1. The first-order chi connectivity index (χ1) is 9.70. The van der Waals surface area contributed by atoms with Crippen molar-refractivity contribution in [3.05, 3.63) is 29.6 Å². The summed E-state index contributed by atoms with van der Waals surface area (Å²) in [5.41, 5.74) is 0.640. The third-order valence-corrected chi connectivity index (χ3v) is 3.07. The van der Waals surface area contributed by atoms with Crippen molar-refractivity contribution in [1.29, 1.82) is 0 Å². The number of aliphatic hydroxyl groups is 1. The number of amides is 1. The Labute approximate surface area is 116 Å². The molecular formula is C15H16FNO3. The molecule has 0 radical (unpaired) electrons. The van der Waals surface area contributed by atoms with E-state index in [0.717, 1.165) is 12.8 Å². The molecular weight excluding hydrogens is 261 g/mol. The molecule has 1 unspecified atom stereocenters. The SMILES string of the molecule is O=C(Nc1ccc(F)c(C#CCO)c1)C1CCCOC1. The van der Waals surface area contributed by atoms with Crippen LogP contribution in [0.5, 0.6) is 0 Å². The largest absolute Gasteiger partial charge is 0.384 e. The van der Waals surface area contributed by atoms with Crippen LogP contribution in [0.15, 0.2) is 18.2 Å². The Kier molecular flexibility index (Phi) is 5.10. The molecule has 1 heterocycles. The lowest BCUT2D eigenvalue weighted by Crippen LogP contribution is -2.30. The van der Waals surface area contributed by atoms with Crippen LogP contribution >= 0.6 is 0 Å². The molecule has 4 nitrogen and oxygen atoms in total. The first-order valence-electron chi connectivity index (χ1n) is 6.48. The summed E-state index contributed by atoms with van der Waals surface area (Å²) in [5, 5.41) is 11.4. The van der Waals surface area contributed by atoms with E-state index in [0.29, 0.717) is 18.9 Å². The lowest BCUT2D eigenvalue weighted by Gasteiger charge is -2.21. The zero-order chi connectivity index (χ0) is 14.4. The second kappa shape index (κ2) is 7.04. The van der Waals surface area contributed by atoms with Crippen LogP contribution in [0.1, 0.15) is 18.4 Å². The smallest absolute Gasteiger partial charge is 0.229 e. The third-order valence-electron chi connectivity index (χ3n) is 3.07. The van der Waals surface area contributed by atoms with Gasteiger partial charge in [-0.2, -0.15) is 0 Å². The van der Waals surface area contributed by atoms with Crippen molar-refractivity contribution in [2.75, 3.05) is 25.1 Å². The van der Waals surface area contributed by atoms with Crippen LogP contribution in [0.3, 0.4) is 0 Å². The van der Waals surface area contributed by atoms with E-state index < -0.39 is 5.82 Å². The molecule has 2 N–H and O–H groups in total. The molecule has 1 aromatic rings. The molecule has 20 heavy (non-hydrogen) atoms. The zero-order valence-electron chi connectivity index (χ0n) is 11.0. The number of hydrogen-bond donors (Lipinski definition) is 2. The van der Waals surface area contributed by atoms with Crippen LogP contribution in [0.4, 0.5) is 10.1 Å². The highest BCUT2D eigenvalue weighted by molar-refractivity contribution is 5.92. The summed E-state index contributed by atoms with van der Waals surface area (Å²) < 4.78 is 18.7. The summed E-state index contributed by atoms with van der Waals surface area (Å²) >= 11 is 0. The lowest BCUT2D eigenvalue weighted by molar-refractivity contribution is -0.123. The number of anilines is 1. The summed E-state index contributed by atoms with van der Waals surface area (Å²) in [6.45, 7) is 0.779. The molecule has 0 aliphatic carbocycles. The van der Waals surface area contributed by atoms with E-state index in [1.165, 1.54) is 18.2 Å². The lowest BCUT2D eigenvalue weighted by atomic mass is 10.0. The van der Waals surface area contributed by atoms with Crippen molar-refractivity contribution in [2.45, 2.75) is 12.8 Å². The van der Waals surface area contributed by atoms with Crippen LogP contribution in [-0.2, 0) is 9.53 Å². The molecule has 2 rings (SSSR count). The van der Waals surface area contributed by atoms with E-state index in [9.17, 15) is 9.18 Å². The molecule has 1 saturated heterocycles. The van der Waals surface area contributed by atoms with Gasteiger partial charge >= 0.3 is 0 Å². The number of hydrogen-bond acceptors (Lipinski definition) is 3. The minimum atomic E-state index is -0.482. The number of rotatable bonds is 2. The Hall–Kier alpha value is -1.90. The summed E-state index contributed by atoms with van der Waals surface area (Å²) in [6, 6.07) is 4.19. The van der Waals surface area contributed by atoms with Crippen LogP contribution in [0.2, 0.25) is 0 Å². The monoisotopic (exact) mass is 277 g/mol. The first kappa shape index (κ1) is 14.5. The average Bonchev–Trinajstić information content (AvgIpc) is 2.48. The second-order valence-corrected chi connectivity index (χ2v) is 4.56. The fraction of sp³-hybridized carbons (Fsp3) is 0.400. The van der Waals surface area contributed by atoms with Crippen LogP contribution < -0.4 is 5.32 Å². The molecule has 1 aromatic carbocycles. The Morgan fingerprint density at radius 3 is 3.10 bits per heavy atom. The summed E-state index contributed by atoms with van der Waals surface area (Å²) in [4.78, 5) is 12.0. The van der Waals surface area contributed by atoms with Crippen LogP contribution in [0.25, 0.3) is 0 Å². The normalized spacial score (nSPS) is 18.0. The number of nitrogens with one attached hydrogen (secondary N) is 1. The van der Waals surface area contributed by atoms with Crippen molar-refractivity contribution in [3.63, 3.8) is 0 Å². The number of carbonyl (C=O) groups is 1. The van der Waals surface area contributed by atoms with E-state index in [1.54, 1.807) is 0 Å². The Balaban J connectivity index is 2.07. The molecule has 1 atom stereocenters. The van der Waals surface area contributed by atoms with Crippen molar-refractivity contribution in [1.82, 2.24) is 0 Å². The standard InChI is InChI=1S/C15H16FNO3/c16-14-6-5-13(9-11(14)3-1-7-18)17-15(19)12-4-2-8-20-10-12/h5-6,9,12,18H,2,4,7-8,10H2,(H,17,19). The molecule has 106 valence electrons. The van der Waals surface area contributed by atoms with E-state index >= 15 is 0 Å². The van der Waals surface area contributed by atoms with Gasteiger partial charge in [0, 0.05) is 12.3 Å². The number of benzene rings is 1. The molecule has 1 aliphatic heterocycles. The number of ether oxygens (including phenoxy) is 1.